The van der Waals surface area contributed by atoms with Crippen molar-refractivity contribution < 1.29 is 24.9 Å². The number of aliphatic hydroxyl groups is 3. The number of aromatic nitrogens is 4. The molecular formula is C18H19N5O6. The number of aromatic amines is 1. The maximum absolute atomic E-state index is 12.4. The van der Waals surface area contributed by atoms with E-state index in [1.54, 1.807) is 30.3 Å². The summed E-state index contributed by atoms with van der Waals surface area (Å²) in [6, 6.07) is 8.38. The van der Waals surface area contributed by atoms with Gasteiger partial charge in [-0.15, -0.1) is 0 Å². The van der Waals surface area contributed by atoms with E-state index in [0.717, 1.165) is 0 Å². The maximum Gasteiger partial charge on any atom is 0.280 e. The van der Waals surface area contributed by atoms with Gasteiger partial charge in [0.25, 0.3) is 11.5 Å². The van der Waals surface area contributed by atoms with Gasteiger partial charge in [-0.05, 0) is 19.1 Å². The van der Waals surface area contributed by atoms with E-state index in [1.807, 2.05) is 0 Å². The van der Waals surface area contributed by atoms with E-state index >= 15 is 0 Å². The highest BCUT2D eigenvalue weighted by Gasteiger charge is 2.53. The lowest BCUT2D eigenvalue weighted by Gasteiger charge is -2.27. The average Bonchev–Trinajstić information content (AvgIpc) is 3.21. The van der Waals surface area contributed by atoms with Gasteiger partial charge >= 0.3 is 0 Å². The minimum Gasteiger partial charge on any atom is -0.394 e. The first-order valence-electron chi connectivity index (χ1n) is 8.83. The highest BCUT2D eigenvalue weighted by molar-refractivity contribution is 6.03. The SMILES string of the molecule is C[C@]1(O)C(O)[C@@H](CO)O[C@H]1n1cnc2c(=O)[nH]c(NC(=O)c3ccccc3)nc21. The van der Waals surface area contributed by atoms with Crippen LogP contribution in [0.25, 0.3) is 11.2 Å². The second-order valence-corrected chi connectivity index (χ2v) is 6.94. The van der Waals surface area contributed by atoms with E-state index < -0.39 is 42.1 Å². The smallest absolute Gasteiger partial charge is 0.280 e. The molecule has 1 amide bonds. The maximum atomic E-state index is 12.4. The number of fused-ring (bicyclic) bond motifs is 1. The summed E-state index contributed by atoms with van der Waals surface area (Å²) in [5, 5.41) is 32.7. The van der Waals surface area contributed by atoms with Gasteiger partial charge in [0, 0.05) is 5.56 Å². The van der Waals surface area contributed by atoms with Crippen molar-refractivity contribution in [2.24, 2.45) is 0 Å². The molecule has 4 rings (SSSR count). The standard InChI is InChI=1S/C18H19N5O6/c1-18(28)12(25)10(7-24)29-16(18)23-8-19-11-13(23)20-17(22-15(11)27)21-14(26)9-5-3-2-4-6-9/h2-6,8,10,12,16,24-25,28H,7H2,1H3,(H2,20,21,22,26,27)/t10-,12?,16-,18+/m1/s1. The number of benzene rings is 1. The van der Waals surface area contributed by atoms with Crippen LogP contribution in [0.4, 0.5) is 5.95 Å². The van der Waals surface area contributed by atoms with Gasteiger partial charge in [-0.3, -0.25) is 24.5 Å². The van der Waals surface area contributed by atoms with Crippen LogP contribution in [-0.2, 0) is 4.74 Å². The molecule has 0 saturated carbocycles. The first-order valence-corrected chi connectivity index (χ1v) is 8.83. The number of hydrogen-bond donors (Lipinski definition) is 5. The van der Waals surface area contributed by atoms with Gasteiger partial charge in [0.1, 0.15) is 17.8 Å². The molecule has 4 atom stereocenters. The fourth-order valence-corrected chi connectivity index (χ4v) is 3.32. The first-order chi connectivity index (χ1) is 13.8. The van der Waals surface area contributed by atoms with Gasteiger partial charge in [-0.1, -0.05) is 18.2 Å². The fourth-order valence-electron chi connectivity index (χ4n) is 3.32. The number of amides is 1. The van der Waals surface area contributed by atoms with Crippen molar-refractivity contribution in [3.8, 4) is 0 Å². The molecular weight excluding hydrogens is 382 g/mol. The number of nitrogens with one attached hydrogen (secondary N) is 2. The van der Waals surface area contributed by atoms with Crippen LogP contribution in [0, 0.1) is 0 Å². The molecule has 1 unspecified atom stereocenters. The Balaban J connectivity index is 1.73. The van der Waals surface area contributed by atoms with Crippen LogP contribution in [0.1, 0.15) is 23.5 Å². The summed E-state index contributed by atoms with van der Waals surface area (Å²) in [5.74, 6) is -0.589. The molecule has 5 N–H and O–H groups in total. The summed E-state index contributed by atoms with van der Waals surface area (Å²) < 4.78 is 6.83. The molecule has 0 spiro atoms. The van der Waals surface area contributed by atoms with Crippen molar-refractivity contribution in [1.82, 2.24) is 19.5 Å². The third-order valence-electron chi connectivity index (χ3n) is 4.89. The minimum absolute atomic E-state index is 0.0353. The van der Waals surface area contributed by atoms with Gasteiger partial charge in [-0.25, -0.2) is 4.98 Å². The number of H-pyrrole nitrogens is 1. The highest BCUT2D eigenvalue weighted by atomic mass is 16.6. The van der Waals surface area contributed by atoms with E-state index in [-0.39, 0.29) is 17.1 Å². The highest BCUT2D eigenvalue weighted by Crippen LogP contribution is 2.39. The Bertz CT molecular complexity index is 1110. The molecule has 1 fully saturated rings. The predicted molar refractivity (Wildman–Crippen MR) is 100 cm³/mol. The van der Waals surface area contributed by atoms with Crippen molar-refractivity contribution in [2.45, 2.75) is 31.0 Å². The van der Waals surface area contributed by atoms with Crippen LogP contribution >= 0.6 is 0 Å². The Kier molecular flexibility index (Phi) is 4.67. The lowest BCUT2D eigenvalue weighted by atomic mass is 9.96. The zero-order chi connectivity index (χ0) is 20.8. The Labute approximate surface area is 163 Å². The lowest BCUT2D eigenvalue weighted by Crippen LogP contribution is -2.44. The van der Waals surface area contributed by atoms with E-state index in [1.165, 1.54) is 17.8 Å². The quantitative estimate of drug-likeness (QED) is 0.386. The molecule has 11 nitrogen and oxygen atoms in total. The number of anilines is 1. The predicted octanol–water partition coefficient (Wildman–Crippen LogP) is -0.627. The number of rotatable bonds is 4. The van der Waals surface area contributed by atoms with Gasteiger partial charge in [0.05, 0.1) is 12.9 Å². The number of aliphatic hydroxyl groups excluding tert-OH is 2. The van der Waals surface area contributed by atoms with Gasteiger partial charge < -0.3 is 20.1 Å². The molecule has 1 aromatic carbocycles. The summed E-state index contributed by atoms with van der Waals surface area (Å²) in [7, 11) is 0. The molecule has 29 heavy (non-hydrogen) atoms. The lowest BCUT2D eigenvalue weighted by molar-refractivity contribution is -0.0950. The largest absolute Gasteiger partial charge is 0.394 e. The number of hydrogen-bond acceptors (Lipinski definition) is 8. The normalized spacial score (nSPS) is 26.7. The summed E-state index contributed by atoms with van der Waals surface area (Å²) in [6.45, 7) is 0.835. The van der Waals surface area contributed by atoms with E-state index in [4.69, 9.17) is 4.74 Å². The number of ether oxygens (including phenoxy) is 1. The van der Waals surface area contributed by atoms with Crippen molar-refractivity contribution in [1.29, 1.82) is 0 Å². The van der Waals surface area contributed by atoms with Crippen LogP contribution in [0.5, 0.6) is 0 Å². The van der Waals surface area contributed by atoms with Crippen LogP contribution in [0.15, 0.2) is 41.5 Å². The van der Waals surface area contributed by atoms with Crippen molar-refractivity contribution in [2.75, 3.05) is 11.9 Å². The zero-order valence-electron chi connectivity index (χ0n) is 15.3. The Morgan fingerprint density at radius 2 is 2.10 bits per heavy atom. The molecule has 3 aromatic rings. The molecule has 1 saturated heterocycles. The van der Waals surface area contributed by atoms with Gasteiger partial charge in [-0.2, -0.15) is 4.98 Å². The molecule has 1 aliphatic heterocycles. The van der Waals surface area contributed by atoms with Gasteiger partial charge in [0.2, 0.25) is 5.95 Å². The van der Waals surface area contributed by atoms with Crippen molar-refractivity contribution in [3.05, 3.63) is 52.6 Å². The topological polar surface area (TPSA) is 163 Å². The number of nitrogens with zero attached hydrogens (tertiary/aromatic N) is 3. The molecule has 152 valence electrons. The molecule has 0 bridgehead atoms. The number of carbonyl (C=O) groups is 1. The second kappa shape index (κ2) is 7.04. The number of carbonyl (C=O) groups excluding carboxylic acids is 1. The van der Waals surface area contributed by atoms with E-state index in [9.17, 15) is 24.9 Å². The summed E-state index contributed by atoms with van der Waals surface area (Å²) >= 11 is 0. The molecule has 11 heteroatoms. The first kappa shape index (κ1) is 19.2. The molecule has 3 heterocycles. The summed E-state index contributed by atoms with van der Waals surface area (Å²) in [6.07, 6.45) is -2.31. The van der Waals surface area contributed by atoms with Crippen LogP contribution in [-0.4, -0.2) is 65.2 Å². The fraction of sp³-hybridized carbons (Fsp3) is 0.333. The number of imidazole rings is 1. The average molecular weight is 401 g/mol. The Morgan fingerprint density at radius 1 is 1.38 bits per heavy atom. The third-order valence-corrected chi connectivity index (χ3v) is 4.89. The Hall–Kier alpha value is -3.12. The second-order valence-electron chi connectivity index (χ2n) is 6.94. The van der Waals surface area contributed by atoms with Crippen LogP contribution < -0.4 is 10.9 Å². The van der Waals surface area contributed by atoms with Gasteiger partial charge in [0.15, 0.2) is 17.4 Å². The third kappa shape index (κ3) is 3.19. The van der Waals surface area contributed by atoms with Crippen LogP contribution in [0.2, 0.25) is 0 Å². The van der Waals surface area contributed by atoms with Crippen molar-refractivity contribution in [3.63, 3.8) is 0 Å². The van der Waals surface area contributed by atoms with Crippen molar-refractivity contribution >= 4 is 23.0 Å². The molecule has 1 aliphatic rings. The summed E-state index contributed by atoms with van der Waals surface area (Å²) in [5.41, 5.74) is -2.01. The molecule has 2 aromatic heterocycles. The minimum atomic E-state index is -1.78. The molecule has 0 radical (unpaired) electrons. The molecule has 0 aliphatic carbocycles. The monoisotopic (exact) mass is 401 g/mol. The van der Waals surface area contributed by atoms with E-state index in [2.05, 4.69) is 20.3 Å². The zero-order valence-corrected chi connectivity index (χ0v) is 15.3. The van der Waals surface area contributed by atoms with E-state index in [0.29, 0.717) is 5.56 Å². The van der Waals surface area contributed by atoms with Crippen LogP contribution in [0.3, 0.4) is 0 Å². The Morgan fingerprint density at radius 3 is 2.76 bits per heavy atom. The summed E-state index contributed by atoms with van der Waals surface area (Å²) in [4.78, 5) is 35.4.